The van der Waals surface area contributed by atoms with E-state index in [1.807, 2.05) is 6.07 Å². The van der Waals surface area contributed by atoms with E-state index in [9.17, 15) is 14.0 Å². The van der Waals surface area contributed by atoms with Gasteiger partial charge in [0.1, 0.15) is 23.3 Å². The number of halogens is 2. The minimum Gasteiger partial charge on any atom is -0.459 e. The Morgan fingerprint density at radius 2 is 1.93 bits per heavy atom. The second-order valence-electron chi connectivity index (χ2n) is 10.7. The maximum atomic E-state index is 15.0. The third kappa shape index (κ3) is 7.99. The van der Waals surface area contributed by atoms with Crippen molar-refractivity contribution in [2.45, 2.75) is 45.4 Å². The smallest absolute Gasteiger partial charge is 0.240 e. The average molecular weight is 611 g/mol. The van der Waals surface area contributed by atoms with E-state index in [0.717, 1.165) is 22.5 Å². The molecule has 2 aromatic rings. The minimum absolute atomic E-state index is 0.0363. The fourth-order valence-electron chi connectivity index (χ4n) is 4.66. The summed E-state index contributed by atoms with van der Waals surface area (Å²) in [4.78, 5) is 43.1. The van der Waals surface area contributed by atoms with Gasteiger partial charge in [0, 0.05) is 73.1 Å². The number of aromatic nitrogens is 3. The lowest BCUT2D eigenvalue weighted by Gasteiger charge is -2.17. The lowest BCUT2D eigenvalue weighted by atomic mass is 10.0. The SMILES string of the molecule is C=C(OC1=CC=Nc2cc(Cc3cncnc3)ncc2C1)/C(F)=C\C/C(=C\C)NC(=O)C1(C(=O)NC2=CC=C(F)CC=C2)CC1. The maximum absolute atomic E-state index is 15.0. The van der Waals surface area contributed by atoms with Crippen LogP contribution in [0.4, 0.5) is 14.5 Å². The lowest BCUT2D eigenvalue weighted by molar-refractivity contribution is -0.136. The van der Waals surface area contributed by atoms with Gasteiger partial charge in [-0.1, -0.05) is 18.7 Å². The number of carbonyl (C=O) groups excluding carboxylic acids is 2. The van der Waals surface area contributed by atoms with E-state index in [0.29, 0.717) is 42.8 Å². The van der Waals surface area contributed by atoms with Crippen molar-refractivity contribution in [2.75, 3.05) is 0 Å². The van der Waals surface area contributed by atoms with Crippen LogP contribution in [0, 0.1) is 5.41 Å². The molecule has 1 saturated carbocycles. The number of hydrogen-bond acceptors (Lipinski definition) is 7. The highest BCUT2D eigenvalue weighted by atomic mass is 19.1. The molecule has 0 saturated heterocycles. The van der Waals surface area contributed by atoms with Crippen LogP contribution in [-0.2, 0) is 27.2 Å². The number of ether oxygens (including phenoxy) is 1. The molecule has 3 heterocycles. The largest absolute Gasteiger partial charge is 0.459 e. The molecule has 5 rings (SSSR count). The molecule has 0 atom stereocenters. The van der Waals surface area contributed by atoms with Gasteiger partial charge in [0.15, 0.2) is 11.6 Å². The molecule has 45 heavy (non-hydrogen) atoms. The number of rotatable bonds is 11. The van der Waals surface area contributed by atoms with Crippen LogP contribution < -0.4 is 10.6 Å². The normalized spacial score (nSPS) is 17.1. The van der Waals surface area contributed by atoms with Crippen molar-refractivity contribution in [3.8, 4) is 0 Å². The highest BCUT2D eigenvalue weighted by Gasteiger charge is 2.56. The van der Waals surface area contributed by atoms with Gasteiger partial charge < -0.3 is 15.4 Å². The molecular formula is C34H32F2N6O3. The van der Waals surface area contributed by atoms with E-state index in [1.54, 1.807) is 56.0 Å². The van der Waals surface area contributed by atoms with Crippen molar-refractivity contribution in [1.29, 1.82) is 0 Å². The Balaban J connectivity index is 1.14. The molecule has 2 aliphatic carbocycles. The van der Waals surface area contributed by atoms with Crippen LogP contribution in [0.25, 0.3) is 0 Å². The second kappa shape index (κ2) is 14.0. The Kier molecular flexibility index (Phi) is 9.67. The van der Waals surface area contributed by atoms with Crippen molar-refractivity contribution in [3.05, 3.63) is 131 Å². The molecule has 0 spiro atoms. The Morgan fingerprint density at radius 3 is 2.69 bits per heavy atom. The zero-order chi connectivity index (χ0) is 31.8. The predicted molar refractivity (Wildman–Crippen MR) is 166 cm³/mol. The van der Waals surface area contributed by atoms with Gasteiger partial charge in [-0.3, -0.25) is 19.6 Å². The summed E-state index contributed by atoms with van der Waals surface area (Å²) in [5, 5.41) is 5.45. The van der Waals surface area contributed by atoms with Crippen LogP contribution in [0.5, 0.6) is 0 Å². The topological polar surface area (TPSA) is 118 Å². The third-order valence-corrected chi connectivity index (χ3v) is 7.43. The number of nitrogens with one attached hydrogen (secondary N) is 2. The van der Waals surface area contributed by atoms with Crippen LogP contribution in [-0.4, -0.2) is 33.0 Å². The number of nitrogens with zero attached hydrogens (tertiary/aromatic N) is 4. The summed E-state index contributed by atoms with van der Waals surface area (Å²) in [5.74, 6) is -1.72. The van der Waals surface area contributed by atoms with Crippen LogP contribution in [0.1, 0.15) is 49.4 Å². The number of fused-ring (bicyclic) bond motifs is 1. The molecule has 2 amide bonds. The summed E-state index contributed by atoms with van der Waals surface area (Å²) in [6, 6.07) is 1.89. The molecule has 2 N–H and O–H groups in total. The van der Waals surface area contributed by atoms with Gasteiger partial charge in [0.05, 0.1) is 5.69 Å². The van der Waals surface area contributed by atoms with Gasteiger partial charge in [-0.05, 0) is 61.8 Å². The minimum atomic E-state index is -1.23. The Hall–Kier alpha value is -5.32. The third-order valence-electron chi connectivity index (χ3n) is 7.43. The number of aliphatic imine (C=N–C) groups is 1. The molecule has 0 unspecified atom stereocenters. The summed E-state index contributed by atoms with van der Waals surface area (Å²) in [6.07, 6.45) is 20.5. The Bertz CT molecular complexity index is 1720. The number of allylic oxidation sites excluding steroid dienone is 10. The van der Waals surface area contributed by atoms with Gasteiger partial charge in [-0.15, -0.1) is 0 Å². The van der Waals surface area contributed by atoms with Crippen LogP contribution in [0.3, 0.4) is 0 Å². The van der Waals surface area contributed by atoms with Crippen molar-refractivity contribution in [1.82, 2.24) is 25.6 Å². The summed E-state index contributed by atoms with van der Waals surface area (Å²) in [6.45, 7) is 5.43. The van der Waals surface area contributed by atoms with Crippen molar-refractivity contribution >= 4 is 23.7 Å². The van der Waals surface area contributed by atoms with E-state index in [2.05, 4.69) is 37.2 Å². The number of pyridine rings is 1. The summed E-state index contributed by atoms with van der Waals surface area (Å²) in [7, 11) is 0. The van der Waals surface area contributed by atoms with E-state index in [4.69, 9.17) is 4.74 Å². The molecule has 0 bridgehead atoms. The van der Waals surface area contributed by atoms with E-state index >= 15 is 4.39 Å². The first-order valence-electron chi connectivity index (χ1n) is 14.4. The van der Waals surface area contributed by atoms with E-state index in [-0.39, 0.29) is 24.4 Å². The first kappa shape index (κ1) is 31.1. The lowest BCUT2D eigenvalue weighted by Crippen LogP contribution is -2.42. The summed E-state index contributed by atoms with van der Waals surface area (Å²) >= 11 is 0. The van der Waals surface area contributed by atoms with E-state index in [1.165, 1.54) is 24.6 Å². The fourth-order valence-corrected chi connectivity index (χ4v) is 4.66. The van der Waals surface area contributed by atoms with Crippen molar-refractivity contribution < 1.29 is 23.1 Å². The zero-order valence-electron chi connectivity index (χ0n) is 24.7. The van der Waals surface area contributed by atoms with Crippen LogP contribution in [0.15, 0.2) is 120 Å². The molecule has 3 aliphatic rings. The monoisotopic (exact) mass is 610 g/mol. The molecule has 230 valence electrons. The van der Waals surface area contributed by atoms with Gasteiger partial charge >= 0.3 is 0 Å². The Labute approximate surface area is 259 Å². The van der Waals surface area contributed by atoms with Crippen molar-refractivity contribution in [3.63, 3.8) is 0 Å². The second-order valence-corrected chi connectivity index (χ2v) is 10.7. The summed E-state index contributed by atoms with van der Waals surface area (Å²) < 4.78 is 34.3. The van der Waals surface area contributed by atoms with Crippen molar-refractivity contribution in [2.24, 2.45) is 10.4 Å². The molecule has 0 radical (unpaired) electrons. The first-order valence-corrected chi connectivity index (χ1v) is 14.4. The highest BCUT2D eigenvalue weighted by Crippen LogP contribution is 2.46. The number of amides is 2. The van der Waals surface area contributed by atoms with Crippen LogP contribution >= 0.6 is 0 Å². The average Bonchev–Trinajstić information content (AvgIpc) is 3.88. The predicted octanol–water partition coefficient (Wildman–Crippen LogP) is 5.99. The fraction of sp³-hybridized carbons (Fsp3) is 0.235. The van der Waals surface area contributed by atoms with Crippen LogP contribution in [0.2, 0.25) is 0 Å². The maximum Gasteiger partial charge on any atom is 0.240 e. The Morgan fingerprint density at radius 1 is 1.13 bits per heavy atom. The highest BCUT2D eigenvalue weighted by molar-refractivity contribution is 6.09. The summed E-state index contributed by atoms with van der Waals surface area (Å²) in [5.41, 5.74) is 2.87. The molecule has 0 aromatic carbocycles. The first-order chi connectivity index (χ1) is 21.8. The van der Waals surface area contributed by atoms with Gasteiger partial charge in [0.25, 0.3) is 0 Å². The molecule has 1 aliphatic heterocycles. The van der Waals surface area contributed by atoms with Gasteiger partial charge in [0.2, 0.25) is 11.8 Å². The van der Waals surface area contributed by atoms with Gasteiger partial charge in [-0.25, -0.2) is 18.7 Å². The molecule has 1 fully saturated rings. The number of hydrogen-bond donors (Lipinski definition) is 2. The zero-order valence-corrected chi connectivity index (χ0v) is 24.7. The molecule has 2 aromatic heterocycles. The quantitative estimate of drug-likeness (QED) is 0.183. The molecule has 9 nitrogen and oxygen atoms in total. The number of carbonyl (C=O) groups is 2. The van der Waals surface area contributed by atoms with E-state index < -0.39 is 23.1 Å². The van der Waals surface area contributed by atoms with Gasteiger partial charge in [-0.2, -0.15) is 0 Å². The molecular weight excluding hydrogens is 578 g/mol. The standard InChI is InChI=1S/C34H32F2N6O3/c1-3-26(41-32(43)34(12-13-34)33(44)42-27-6-4-5-25(35)7-8-27)9-10-30(36)22(2)45-29-11-14-39-31-17-28(40-20-24(31)16-29)15-23-18-37-21-38-19-23/h3-4,6-8,10-11,14,17-21H,2,5,9,12-13,15-16H2,1H3,(H,41,43)(H,42,44)/b26-3+,30-10+. The molecule has 11 heteroatoms.